The first kappa shape index (κ1) is 26.1. The Morgan fingerprint density at radius 3 is 2.43 bits per heavy atom. The average Bonchev–Trinajstić information content (AvgIpc) is 3.38. The summed E-state index contributed by atoms with van der Waals surface area (Å²) in [6.45, 7) is -0.553. The molecule has 3 aromatic rings. The van der Waals surface area contributed by atoms with Crippen LogP contribution in [0.15, 0.2) is 60.8 Å². The highest BCUT2D eigenvalue weighted by Crippen LogP contribution is 2.28. The lowest BCUT2D eigenvalue weighted by molar-refractivity contribution is -0.384. The number of non-ortho nitro benzene ring substituents is 1. The second-order valence-corrected chi connectivity index (χ2v) is 8.27. The van der Waals surface area contributed by atoms with E-state index in [2.05, 4.69) is 10.3 Å². The van der Waals surface area contributed by atoms with Crippen LogP contribution in [0, 0.1) is 10.1 Å². The molecule has 2 heterocycles. The van der Waals surface area contributed by atoms with Gasteiger partial charge in [0.05, 0.1) is 17.7 Å². The molecule has 0 bridgehead atoms. The monoisotopic (exact) mass is 512 g/mol. The summed E-state index contributed by atoms with van der Waals surface area (Å²) in [6.07, 6.45) is -2.37. The Hall–Kier alpha value is -4.01. The minimum atomic E-state index is -1.54. The molecule has 13 nitrogen and oxygen atoms in total. The van der Waals surface area contributed by atoms with Crippen LogP contribution in [0.1, 0.15) is 27.8 Å². The van der Waals surface area contributed by atoms with Gasteiger partial charge in [-0.15, -0.1) is 5.10 Å². The summed E-state index contributed by atoms with van der Waals surface area (Å²) in [5, 5.41) is 57.9. The molecule has 4 N–H and O–H groups in total. The van der Waals surface area contributed by atoms with E-state index in [1.54, 1.807) is 42.5 Å². The van der Waals surface area contributed by atoms with E-state index in [-0.39, 0.29) is 18.1 Å². The Kier molecular flexibility index (Phi) is 8.01. The van der Waals surface area contributed by atoms with Crippen molar-refractivity contribution in [2.45, 2.75) is 37.3 Å². The Labute approximate surface area is 210 Å². The van der Waals surface area contributed by atoms with Crippen molar-refractivity contribution in [3.63, 3.8) is 0 Å². The van der Waals surface area contributed by atoms with E-state index >= 15 is 0 Å². The zero-order valence-electron chi connectivity index (χ0n) is 19.3. The normalized spacial score (nSPS) is 23.7. The number of nitrogens with zero attached hydrogens (tertiary/aromatic N) is 4. The molecule has 13 heteroatoms. The molecule has 1 saturated heterocycles. The maximum Gasteiger partial charge on any atom is 0.269 e. The Morgan fingerprint density at radius 1 is 1.08 bits per heavy atom. The maximum atomic E-state index is 12.4. The molecule has 1 fully saturated rings. The van der Waals surface area contributed by atoms with Gasteiger partial charge in [-0.3, -0.25) is 14.9 Å². The van der Waals surface area contributed by atoms with Crippen molar-refractivity contribution in [1.29, 1.82) is 0 Å². The van der Waals surface area contributed by atoms with Gasteiger partial charge in [-0.25, -0.2) is 4.68 Å². The number of ketones is 1. The molecule has 1 aromatic heterocycles. The van der Waals surface area contributed by atoms with Crippen molar-refractivity contribution in [3.05, 3.63) is 87.7 Å². The molecule has 0 amide bonds. The zero-order chi connectivity index (χ0) is 26.5. The van der Waals surface area contributed by atoms with Crippen molar-refractivity contribution in [3.8, 4) is 5.75 Å². The minimum absolute atomic E-state index is 0.00472. The molecule has 0 unspecified atom stereocenters. The van der Waals surface area contributed by atoms with E-state index in [4.69, 9.17) is 9.47 Å². The van der Waals surface area contributed by atoms with Crippen LogP contribution in [0.3, 0.4) is 0 Å². The van der Waals surface area contributed by atoms with Gasteiger partial charge in [0, 0.05) is 17.7 Å². The number of nitro benzene ring substituents is 1. The zero-order valence-corrected chi connectivity index (χ0v) is 19.3. The van der Waals surface area contributed by atoms with Crippen molar-refractivity contribution < 1.29 is 39.6 Å². The number of hydrogen-bond donors (Lipinski definition) is 4. The summed E-state index contributed by atoms with van der Waals surface area (Å²) >= 11 is 0. The number of carbonyl (C=O) groups is 1. The van der Waals surface area contributed by atoms with Gasteiger partial charge in [-0.05, 0) is 48.0 Å². The van der Waals surface area contributed by atoms with Crippen LogP contribution in [0.4, 0.5) is 5.69 Å². The average molecular weight is 512 g/mol. The Bertz CT molecular complexity index is 1260. The van der Waals surface area contributed by atoms with Crippen molar-refractivity contribution in [2.75, 3.05) is 6.61 Å². The van der Waals surface area contributed by atoms with Crippen LogP contribution < -0.4 is 4.74 Å². The number of allylic oxidation sites excluding steroid dienone is 1. The molecule has 194 valence electrons. The fraction of sp³-hybridized carbons (Fsp3) is 0.292. The van der Waals surface area contributed by atoms with Crippen LogP contribution in [0.25, 0.3) is 6.08 Å². The van der Waals surface area contributed by atoms with Gasteiger partial charge in [0.25, 0.3) is 5.69 Å². The van der Waals surface area contributed by atoms with E-state index in [0.717, 1.165) is 0 Å². The van der Waals surface area contributed by atoms with E-state index in [0.29, 0.717) is 22.6 Å². The van der Waals surface area contributed by atoms with Crippen molar-refractivity contribution >= 4 is 17.5 Å². The summed E-state index contributed by atoms with van der Waals surface area (Å²) in [4.78, 5) is 22.6. The van der Waals surface area contributed by atoms with Gasteiger partial charge in [0.15, 0.2) is 12.0 Å². The van der Waals surface area contributed by atoms with Gasteiger partial charge in [-0.2, -0.15) is 0 Å². The van der Waals surface area contributed by atoms with Gasteiger partial charge in [-0.1, -0.05) is 11.3 Å². The van der Waals surface area contributed by atoms with Gasteiger partial charge >= 0.3 is 0 Å². The molecular formula is C24H24N4O9. The molecule has 0 saturated carbocycles. The first-order valence-corrected chi connectivity index (χ1v) is 11.2. The number of rotatable bonds is 9. The number of nitro groups is 1. The first-order chi connectivity index (χ1) is 17.8. The number of aliphatic hydroxyl groups excluding tert-OH is 4. The fourth-order valence-electron chi connectivity index (χ4n) is 3.65. The number of hydrogen-bond acceptors (Lipinski definition) is 11. The minimum Gasteiger partial charge on any atom is -0.487 e. The van der Waals surface area contributed by atoms with Gasteiger partial charge < -0.3 is 29.9 Å². The lowest BCUT2D eigenvalue weighted by Gasteiger charge is -2.39. The largest absolute Gasteiger partial charge is 0.487 e. The lowest BCUT2D eigenvalue weighted by Crippen LogP contribution is -2.56. The first-order valence-electron chi connectivity index (χ1n) is 11.2. The standard InChI is InChI=1S/C24H24N4O9/c29-12-20-21(31)22(32)23(33)24(37-20)27-11-16(25-26-27)13-36-18-8-4-15(5-9-18)19(30)10-3-14-1-6-17(7-2-14)28(34)35/h1-11,20-24,29,31-33H,12-13H2/b10-3+/t20-,21-,22+,23-,24-/m1/s1. The van der Waals surface area contributed by atoms with E-state index in [1.807, 2.05) is 0 Å². The summed E-state index contributed by atoms with van der Waals surface area (Å²) in [5.41, 5.74) is 1.41. The van der Waals surface area contributed by atoms with Crippen LogP contribution in [0.5, 0.6) is 5.75 Å². The molecule has 2 aromatic carbocycles. The van der Waals surface area contributed by atoms with Crippen LogP contribution in [-0.4, -0.2) is 77.1 Å². The fourth-order valence-corrected chi connectivity index (χ4v) is 3.65. The second kappa shape index (κ2) is 11.4. The topological polar surface area (TPSA) is 190 Å². The molecule has 0 radical (unpaired) electrons. The third-order valence-corrected chi connectivity index (χ3v) is 5.74. The Morgan fingerprint density at radius 2 is 1.78 bits per heavy atom. The van der Waals surface area contributed by atoms with Crippen LogP contribution >= 0.6 is 0 Å². The van der Waals surface area contributed by atoms with Crippen LogP contribution in [0.2, 0.25) is 0 Å². The highest BCUT2D eigenvalue weighted by atomic mass is 16.6. The SMILES string of the molecule is O=C(/C=C/c1ccc([N+](=O)[O-])cc1)c1ccc(OCc2cn([C@@H]3O[C@H](CO)[C@@H](O)[C@H](O)[C@H]3O)nn2)cc1. The second-order valence-electron chi connectivity index (χ2n) is 8.27. The number of benzene rings is 2. The van der Waals surface area contributed by atoms with Gasteiger partial charge in [0.1, 0.15) is 42.5 Å². The lowest BCUT2D eigenvalue weighted by atomic mass is 9.98. The predicted octanol–water partition coefficient (Wildman–Crippen LogP) is 0.634. The number of carbonyl (C=O) groups excluding carboxylic acids is 1. The molecule has 5 atom stereocenters. The molecule has 37 heavy (non-hydrogen) atoms. The third-order valence-electron chi connectivity index (χ3n) is 5.74. The molecule has 1 aliphatic heterocycles. The van der Waals surface area contributed by atoms with E-state index in [9.17, 15) is 35.3 Å². The summed E-state index contributed by atoms with van der Waals surface area (Å²) < 4.78 is 12.3. The molecule has 4 rings (SSSR count). The number of ether oxygens (including phenoxy) is 2. The Balaban J connectivity index is 1.32. The van der Waals surface area contributed by atoms with E-state index < -0.39 is 42.2 Å². The molecule has 1 aliphatic rings. The smallest absolute Gasteiger partial charge is 0.269 e. The highest BCUT2D eigenvalue weighted by Gasteiger charge is 2.44. The van der Waals surface area contributed by atoms with Crippen molar-refractivity contribution in [2.24, 2.45) is 0 Å². The molecule has 0 aliphatic carbocycles. The predicted molar refractivity (Wildman–Crippen MR) is 126 cm³/mol. The maximum absolute atomic E-state index is 12.4. The summed E-state index contributed by atoms with van der Waals surface area (Å²) in [6, 6.07) is 12.2. The third kappa shape index (κ3) is 6.04. The molecular weight excluding hydrogens is 488 g/mol. The summed E-state index contributed by atoms with van der Waals surface area (Å²) in [7, 11) is 0. The van der Waals surface area contributed by atoms with E-state index in [1.165, 1.54) is 29.1 Å². The quantitative estimate of drug-likeness (QED) is 0.136. The number of aliphatic hydroxyl groups is 4. The summed E-state index contributed by atoms with van der Waals surface area (Å²) in [5.74, 6) is 0.200. The van der Waals surface area contributed by atoms with Crippen molar-refractivity contribution in [1.82, 2.24) is 15.0 Å². The van der Waals surface area contributed by atoms with Crippen LogP contribution in [-0.2, 0) is 11.3 Å². The van der Waals surface area contributed by atoms with Gasteiger partial charge in [0.2, 0.25) is 0 Å². The molecule has 0 spiro atoms. The number of aromatic nitrogens is 3. The highest BCUT2D eigenvalue weighted by molar-refractivity contribution is 6.06.